The largest absolute Gasteiger partial charge is 0.227 e. The molecule has 0 amide bonds. The van der Waals surface area contributed by atoms with Crippen molar-refractivity contribution in [2.24, 2.45) is 0 Å². The van der Waals surface area contributed by atoms with E-state index in [1.807, 2.05) is 0 Å². The van der Waals surface area contributed by atoms with Crippen LogP contribution in [0.15, 0.2) is 0 Å². The van der Waals surface area contributed by atoms with Gasteiger partial charge in [-0.25, -0.2) is 0 Å². The zero-order chi connectivity index (χ0) is 6.85. The SMILES string of the molecule is Clc1nc(Cl)nc(Cl)n1.[Li]. The van der Waals surface area contributed by atoms with Gasteiger partial charge in [0.1, 0.15) is 0 Å². The zero-order valence-corrected chi connectivity index (χ0v) is 7.24. The van der Waals surface area contributed by atoms with Crippen LogP contribution < -0.4 is 0 Å². The molecule has 0 saturated carbocycles. The van der Waals surface area contributed by atoms with E-state index in [-0.39, 0.29) is 34.7 Å². The van der Waals surface area contributed by atoms with Crippen molar-refractivity contribution < 1.29 is 0 Å². The fourth-order valence-electron chi connectivity index (χ4n) is 0.303. The number of hydrogen-bond donors (Lipinski definition) is 0. The van der Waals surface area contributed by atoms with E-state index in [9.17, 15) is 0 Å². The molecule has 0 spiro atoms. The Morgan fingerprint density at radius 3 is 1.10 bits per heavy atom. The van der Waals surface area contributed by atoms with Gasteiger partial charge in [0.2, 0.25) is 15.9 Å². The fourth-order valence-corrected chi connectivity index (χ4v) is 0.913. The van der Waals surface area contributed by atoms with Crippen LogP contribution in [0.5, 0.6) is 0 Å². The quantitative estimate of drug-likeness (QED) is 0.583. The van der Waals surface area contributed by atoms with Crippen molar-refractivity contribution in [1.82, 2.24) is 15.0 Å². The molecule has 0 N–H and O–H groups in total. The molecule has 0 aromatic carbocycles. The van der Waals surface area contributed by atoms with Crippen LogP contribution in [0.3, 0.4) is 0 Å². The molecule has 0 aliphatic rings. The third-order valence-electron chi connectivity index (χ3n) is 0.554. The summed E-state index contributed by atoms with van der Waals surface area (Å²) in [7, 11) is 0. The first-order chi connectivity index (χ1) is 4.18. The molecule has 7 heteroatoms. The molecular weight excluding hydrogens is 191 g/mol. The summed E-state index contributed by atoms with van der Waals surface area (Å²) in [5.74, 6) is 0. The van der Waals surface area contributed by atoms with Gasteiger partial charge in [-0.15, -0.1) is 0 Å². The van der Waals surface area contributed by atoms with Crippen LogP contribution in [0.1, 0.15) is 0 Å². The molecule has 0 aliphatic heterocycles. The molecule has 1 rings (SSSR count). The van der Waals surface area contributed by atoms with Crippen LogP contribution in [-0.2, 0) is 0 Å². The van der Waals surface area contributed by atoms with E-state index in [1.165, 1.54) is 0 Å². The van der Waals surface area contributed by atoms with Crippen molar-refractivity contribution in [1.29, 1.82) is 0 Å². The van der Waals surface area contributed by atoms with Gasteiger partial charge in [0.15, 0.2) is 0 Å². The van der Waals surface area contributed by atoms with Crippen LogP contribution in [0, 0.1) is 0 Å². The first kappa shape index (κ1) is 10.5. The van der Waals surface area contributed by atoms with E-state index in [4.69, 9.17) is 34.8 Å². The zero-order valence-electron chi connectivity index (χ0n) is 4.98. The number of hydrogen-bond acceptors (Lipinski definition) is 3. The van der Waals surface area contributed by atoms with E-state index < -0.39 is 0 Å². The number of halogens is 3. The van der Waals surface area contributed by atoms with E-state index in [2.05, 4.69) is 15.0 Å². The Bertz CT molecular complexity index is 180. The van der Waals surface area contributed by atoms with Crippen LogP contribution in [0.4, 0.5) is 0 Å². The maximum Gasteiger partial charge on any atom is 0.227 e. The molecule has 3 nitrogen and oxygen atoms in total. The molecule has 49 valence electrons. The molecule has 1 heterocycles. The van der Waals surface area contributed by atoms with Crippen molar-refractivity contribution in [2.75, 3.05) is 0 Å². The predicted molar refractivity (Wildman–Crippen MR) is 40.6 cm³/mol. The molecule has 1 aromatic rings. The molecule has 0 unspecified atom stereocenters. The van der Waals surface area contributed by atoms with Crippen molar-refractivity contribution in [3.63, 3.8) is 0 Å². The Balaban J connectivity index is 0.000000810. The summed E-state index contributed by atoms with van der Waals surface area (Å²) in [5, 5.41) is 0.00000000000000178. The normalized spacial score (nSPS) is 8.70. The summed E-state index contributed by atoms with van der Waals surface area (Å²) >= 11 is 16.0. The van der Waals surface area contributed by atoms with Crippen LogP contribution in [0.25, 0.3) is 0 Å². The summed E-state index contributed by atoms with van der Waals surface area (Å²) in [5.41, 5.74) is 0. The fraction of sp³-hybridized carbons (Fsp3) is 0. The van der Waals surface area contributed by atoms with Crippen molar-refractivity contribution in [2.45, 2.75) is 0 Å². The molecule has 0 atom stereocenters. The Morgan fingerprint density at radius 1 is 0.700 bits per heavy atom. The minimum absolute atomic E-state index is 0. The third-order valence-corrected chi connectivity index (χ3v) is 1.06. The summed E-state index contributed by atoms with van der Waals surface area (Å²) in [6, 6.07) is 0. The first-order valence-corrected chi connectivity index (χ1v) is 3.04. The van der Waals surface area contributed by atoms with Crippen molar-refractivity contribution >= 4 is 53.7 Å². The van der Waals surface area contributed by atoms with E-state index in [0.717, 1.165) is 0 Å². The standard InChI is InChI=1S/C3Cl3N3.Li/c4-1-7-2(5)9-3(6)8-1;. The van der Waals surface area contributed by atoms with Crippen LogP contribution >= 0.6 is 34.8 Å². The Morgan fingerprint density at radius 2 is 0.900 bits per heavy atom. The van der Waals surface area contributed by atoms with E-state index >= 15 is 0 Å². The van der Waals surface area contributed by atoms with Gasteiger partial charge in [0, 0.05) is 18.9 Å². The smallest absolute Gasteiger partial charge is 0.187 e. The molecular formula is C3Cl3LiN3. The van der Waals surface area contributed by atoms with Crippen LogP contribution in [-0.4, -0.2) is 33.8 Å². The molecule has 0 fully saturated rings. The van der Waals surface area contributed by atoms with Gasteiger partial charge in [0.25, 0.3) is 0 Å². The predicted octanol–water partition coefficient (Wildman–Crippen LogP) is 1.45. The minimum Gasteiger partial charge on any atom is -0.187 e. The van der Waals surface area contributed by atoms with Gasteiger partial charge in [-0.2, -0.15) is 15.0 Å². The van der Waals surface area contributed by atoms with Gasteiger partial charge in [-0.05, 0) is 34.8 Å². The van der Waals surface area contributed by atoms with Gasteiger partial charge in [-0.1, -0.05) is 0 Å². The van der Waals surface area contributed by atoms with Crippen LogP contribution in [0.2, 0.25) is 15.9 Å². The molecule has 0 saturated heterocycles. The summed E-state index contributed by atoms with van der Waals surface area (Å²) in [6.45, 7) is 0. The second kappa shape index (κ2) is 4.37. The van der Waals surface area contributed by atoms with Gasteiger partial charge >= 0.3 is 0 Å². The Labute approximate surface area is 84.3 Å². The first-order valence-electron chi connectivity index (χ1n) is 1.91. The van der Waals surface area contributed by atoms with E-state index in [1.54, 1.807) is 0 Å². The molecule has 10 heavy (non-hydrogen) atoms. The topological polar surface area (TPSA) is 38.7 Å². The third kappa shape index (κ3) is 3.04. The minimum atomic E-state index is 0. The summed E-state index contributed by atoms with van der Waals surface area (Å²) < 4.78 is 0. The van der Waals surface area contributed by atoms with Gasteiger partial charge < -0.3 is 0 Å². The number of aromatic nitrogens is 3. The Kier molecular flexibility index (Phi) is 4.58. The maximum atomic E-state index is 5.32. The number of nitrogens with zero attached hydrogens (tertiary/aromatic N) is 3. The van der Waals surface area contributed by atoms with Gasteiger partial charge in [0.05, 0.1) is 0 Å². The molecule has 0 aliphatic carbocycles. The second-order valence-corrected chi connectivity index (χ2v) is 2.16. The summed E-state index contributed by atoms with van der Waals surface area (Å²) in [6.07, 6.45) is 0. The van der Waals surface area contributed by atoms with E-state index in [0.29, 0.717) is 0 Å². The Hall–Kier alpha value is 0.477. The molecule has 1 aromatic heterocycles. The average molecular weight is 191 g/mol. The van der Waals surface area contributed by atoms with Crippen molar-refractivity contribution in [3.8, 4) is 0 Å². The average Bonchev–Trinajstić information content (AvgIpc) is 1.59. The van der Waals surface area contributed by atoms with Gasteiger partial charge in [-0.3, -0.25) is 0 Å². The molecule has 0 bridgehead atoms. The number of rotatable bonds is 0. The molecule has 1 radical (unpaired) electrons. The monoisotopic (exact) mass is 190 g/mol. The van der Waals surface area contributed by atoms with Crippen molar-refractivity contribution in [3.05, 3.63) is 15.9 Å². The maximum absolute atomic E-state index is 5.32. The second-order valence-electron chi connectivity index (χ2n) is 1.14. The summed E-state index contributed by atoms with van der Waals surface area (Å²) in [4.78, 5) is 10.4.